The Bertz CT molecular complexity index is 936. The van der Waals surface area contributed by atoms with Crippen LogP contribution in [0.25, 0.3) is 11.3 Å². The van der Waals surface area contributed by atoms with Crippen molar-refractivity contribution >= 4 is 5.78 Å². The van der Waals surface area contributed by atoms with E-state index in [1.54, 1.807) is 6.20 Å². The zero-order chi connectivity index (χ0) is 19.6. The summed E-state index contributed by atoms with van der Waals surface area (Å²) in [7, 11) is 0. The maximum absolute atomic E-state index is 13.2. The number of rotatable bonds is 5. The van der Waals surface area contributed by atoms with Crippen molar-refractivity contribution in [1.29, 1.82) is 0 Å². The summed E-state index contributed by atoms with van der Waals surface area (Å²) in [6.07, 6.45) is 7.29. The highest BCUT2D eigenvalue weighted by Gasteiger charge is 2.40. The van der Waals surface area contributed by atoms with Crippen molar-refractivity contribution in [1.82, 2.24) is 10.1 Å². The van der Waals surface area contributed by atoms with Gasteiger partial charge >= 0.3 is 0 Å². The lowest BCUT2D eigenvalue weighted by Gasteiger charge is -2.48. The largest absolute Gasteiger partial charge is 0.356 e. The second kappa shape index (κ2) is 7.96. The Morgan fingerprint density at radius 3 is 2.34 bits per heavy atom. The Hall–Kier alpha value is -2.72. The number of carbonyl (C=O) groups excluding carboxylic acids is 1. The molecule has 2 aliphatic heterocycles. The average molecular weight is 386 g/mol. The lowest BCUT2D eigenvalue weighted by Crippen LogP contribution is -2.52. The zero-order valence-corrected chi connectivity index (χ0v) is 16.5. The van der Waals surface area contributed by atoms with Gasteiger partial charge in [-0.05, 0) is 31.2 Å². The van der Waals surface area contributed by atoms with Gasteiger partial charge in [0.15, 0.2) is 11.5 Å². The zero-order valence-electron chi connectivity index (χ0n) is 16.5. The third kappa shape index (κ3) is 3.77. The molecule has 2 aromatic carbocycles. The molecule has 5 rings (SSSR count). The van der Waals surface area contributed by atoms with Gasteiger partial charge in [-0.25, -0.2) is 0 Å². The molecule has 29 heavy (non-hydrogen) atoms. The summed E-state index contributed by atoms with van der Waals surface area (Å²) in [5.41, 5.74) is 3.14. The second-order valence-corrected chi connectivity index (χ2v) is 8.38. The SMILES string of the molecule is O=C(c1ccc(-c2ccno2)cc1)C1CC2CCCC(C1)N2Cc1ccccc1. The fourth-order valence-electron chi connectivity index (χ4n) is 5.14. The monoisotopic (exact) mass is 386 g/mol. The third-order valence-electron chi connectivity index (χ3n) is 6.60. The standard InChI is InChI=1S/C25H26N2O2/c28-25(20-11-9-19(10-12-20)24-13-14-26-29-24)21-15-22-7-4-8-23(16-21)27(22)17-18-5-2-1-3-6-18/h1-3,5-6,9-14,21-23H,4,7-8,15-17H2. The van der Waals surface area contributed by atoms with Gasteiger partial charge in [0.05, 0.1) is 6.20 Å². The smallest absolute Gasteiger partial charge is 0.166 e. The first-order valence-electron chi connectivity index (χ1n) is 10.6. The predicted molar refractivity (Wildman–Crippen MR) is 112 cm³/mol. The molecule has 2 aliphatic rings. The molecule has 3 aromatic rings. The molecule has 0 amide bonds. The molecule has 2 bridgehead atoms. The molecule has 4 heteroatoms. The van der Waals surface area contributed by atoms with Gasteiger partial charge in [0.25, 0.3) is 0 Å². The fraction of sp³-hybridized carbons (Fsp3) is 0.360. The Morgan fingerprint density at radius 2 is 1.69 bits per heavy atom. The number of hydrogen-bond acceptors (Lipinski definition) is 4. The highest BCUT2D eigenvalue weighted by molar-refractivity contribution is 5.98. The number of carbonyl (C=O) groups is 1. The Labute approximate surface area is 171 Å². The number of piperidine rings is 2. The van der Waals surface area contributed by atoms with Crippen LogP contribution in [-0.2, 0) is 6.54 Å². The molecular formula is C25H26N2O2. The minimum absolute atomic E-state index is 0.133. The number of fused-ring (bicyclic) bond motifs is 2. The van der Waals surface area contributed by atoms with E-state index in [1.165, 1.54) is 24.8 Å². The number of aromatic nitrogens is 1. The van der Waals surface area contributed by atoms with Crippen LogP contribution in [0.4, 0.5) is 0 Å². The minimum Gasteiger partial charge on any atom is -0.356 e. The van der Waals surface area contributed by atoms with E-state index in [4.69, 9.17) is 4.52 Å². The summed E-state index contributed by atoms with van der Waals surface area (Å²) < 4.78 is 5.21. The predicted octanol–water partition coefficient (Wildman–Crippen LogP) is 5.36. The maximum atomic E-state index is 13.2. The van der Waals surface area contributed by atoms with Crippen molar-refractivity contribution in [3.63, 3.8) is 0 Å². The summed E-state index contributed by atoms with van der Waals surface area (Å²) >= 11 is 0. The molecule has 4 nitrogen and oxygen atoms in total. The van der Waals surface area contributed by atoms with Crippen LogP contribution in [0.3, 0.4) is 0 Å². The van der Waals surface area contributed by atoms with Gasteiger partial charge in [0.2, 0.25) is 0 Å². The van der Waals surface area contributed by atoms with Crippen molar-refractivity contribution in [3.8, 4) is 11.3 Å². The normalized spacial score (nSPS) is 24.3. The van der Waals surface area contributed by atoms with E-state index >= 15 is 0 Å². The van der Waals surface area contributed by atoms with Crippen LogP contribution >= 0.6 is 0 Å². The Balaban J connectivity index is 1.29. The van der Waals surface area contributed by atoms with Crippen LogP contribution in [0.15, 0.2) is 71.4 Å². The molecule has 2 atom stereocenters. The highest BCUT2D eigenvalue weighted by atomic mass is 16.5. The molecule has 148 valence electrons. The quantitative estimate of drug-likeness (QED) is 0.554. The molecule has 0 spiro atoms. The Morgan fingerprint density at radius 1 is 0.966 bits per heavy atom. The van der Waals surface area contributed by atoms with Gasteiger partial charge in [-0.3, -0.25) is 9.69 Å². The van der Waals surface area contributed by atoms with Gasteiger partial charge in [0, 0.05) is 41.7 Å². The van der Waals surface area contributed by atoms with Gasteiger partial charge in [-0.1, -0.05) is 66.2 Å². The molecule has 2 saturated heterocycles. The molecular weight excluding hydrogens is 360 g/mol. The second-order valence-electron chi connectivity index (χ2n) is 8.38. The summed E-state index contributed by atoms with van der Waals surface area (Å²) in [4.78, 5) is 15.9. The van der Waals surface area contributed by atoms with Crippen molar-refractivity contribution < 1.29 is 9.32 Å². The van der Waals surface area contributed by atoms with Crippen LogP contribution in [0.5, 0.6) is 0 Å². The van der Waals surface area contributed by atoms with Crippen LogP contribution in [0, 0.1) is 5.92 Å². The van der Waals surface area contributed by atoms with E-state index < -0.39 is 0 Å². The van der Waals surface area contributed by atoms with E-state index in [0.717, 1.165) is 36.3 Å². The van der Waals surface area contributed by atoms with Crippen LogP contribution in [0.2, 0.25) is 0 Å². The van der Waals surface area contributed by atoms with Crippen molar-refractivity contribution in [2.24, 2.45) is 5.92 Å². The van der Waals surface area contributed by atoms with E-state index in [1.807, 2.05) is 30.3 Å². The van der Waals surface area contributed by atoms with E-state index in [2.05, 4.69) is 40.4 Å². The third-order valence-corrected chi connectivity index (χ3v) is 6.60. The number of nitrogens with zero attached hydrogens (tertiary/aromatic N) is 2. The van der Waals surface area contributed by atoms with Crippen molar-refractivity contribution in [2.45, 2.75) is 50.7 Å². The number of hydrogen-bond donors (Lipinski definition) is 0. The van der Waals surface area contributed by atoms with Gasteiger partial charge in [0.1, 0.15) is 0 Å². The first-order valence-corrected chi connectivity index (χ1v) is 10.6. The lowest BCUT2D eigenvalue weighted by molar-refractivity contribution is 0.00906. The molecule has 1 aromatic heterocycles. The minimum atomic E-state index is 0.133. The molecule has 0 radical (unpaired) electrons. The molecule has 2 fully saturated rings. The Kier molecular flexibility index (Phi) is 5.03. The summed E-state index contributed by atoms with van der Waals surface area (Å²) in [5, 5.41) is 3.75. The molecule has 0 aliphatic carbocycles. The molecule has 0 N–H and O–H groups in total. The number of Topliss-reactive ketones (excluding diaryl/α,β-unsaturated/α-hetero) is 1. The van der Waals surface area contributed by atoms with E-state index in [9.17, 15) is 4.79 Å². The summed E-state index contributed by atoms with van der Waals surface area (Å²) in [5.74, 6) is 1.16. The van der Waals surface area contributed by atoms with E-state index in [-0.39, 0.29) is 5.92 Å². The van der Waals surface area contributed by atoms with Crippen LogP contribution in [-0.4, -0.2) is 27.9 Å². The lowest BCUT2D eigenvalue weighted by atomic mass is 9.75. The van der Waals surface area contributed by atoms with Crippen molar-refractivity contribution in [2.75, 3.05) is 0 Å². The highest BCUT2D eigenvalue weighted by Crippen LogP contribution is 2.39. The molecule has 0 saturated carbocycles. The van der Waals surface area contributed by atoms with Crippen molar-refractivity contribution in [3.05, 3.63) is 78.0 Å². The summed E-state index contributed by atoms with van der Waals surface area (Å²) in [6, 6.07) is 21.4. The maximum Gasteiger partial charge on any atom is 0.166 e. The van der Waals surface area contributed by atoms with Crippen LogP contribution in [0.1, 0.15) is 48.0 Å². The average Bonchev–Trinajstić information content (AvgIpc) is 3.29. The van der Waals surface area contributed by atoms with Crippen LogP contribution < -0.4 is 0 Å². The first kappa shape index (κ1) is 18.3. The van der Waals surface area contributed by atoms with Gasteiger partial charge in [-0.2, -0.15) is 0 Å². The first-order chi connectivity index (χ1) is 14.3. The van der Waals surface area contributed by atoms with Gasteiger partial charge < -0.3 is 4.52 Å². The summed E-state index contributed by atoms with van der Waals surface area (Å²) in [6.45, 7) is 1.00. The fourth-order valence-corrected chi connectivity index (χ4v) is 5.14. The number of benzene rings is 2. The molecule has 2 unspecified atom stereocenters. The van der Waals surface area contributed by atoms with Gasteiger partial charge in [-0.15, -0.1) is 0 Å². The number of ketones is 1. The molecule has 3 heterocycles. The topological polar surface area (TPSA) is 46.3 Å². The van der Waals surface area contributed by atoms with E-state index in [0.29, 0.717) is 17.9 Å².